The zero-order valence-corrected chi connectivity index (χ0v) is 27.9. The average molecular weight is 693 g/mol. The van der Waals surface area contributed by atoms with Crippen LogP contribution in [0.3, 0.4) is 0 Å². The number of hydrogen-bond acceptors (Lipinski definition) is 10. The van der Waals surface area contributed by atoms with Crippen molar-refractivity contribution in [1.82, 2.24) is 20.1 Å². The number of amides is 1. The van der Waals surface area contributed by atoms with Gasteiger partial charge in [0.15, 0.2) is 11.9 Å². The van der Waals surface area contributed by atoms with Crippen molar-refractivity contribution in [3.05, 3.63) is 106 Å². The molecule has 2 aromatic heterocycles. The minimum Gasteiger partial charge on any atom is -0.469 e. The Bertz CT molecular complexity index is 1810. The molecular formula is C35H37ClN4O9. The maximum absolute atomic E-state index is 13.3. The van der Waals surface area contributed by atoms with Crippen molar-refractivity contribution < 1.29 is 38.5 Å². The van der Waals surface area contributed by atoms with Crippen LogP contribution in [0, 0.1) is 11.8 Å². The van der Waals surface area contributed by atoms with E-state index in [2.05, 4.69) is 20.1 Å². The van der Waals surface area contributed by atoms with E-state index in [1.165, 1.54) is 13.3 Å². The number of aliphatic hydroxyl groups is 1. The van der Waals surface area contributed by atoms with E-state index in [9.17, 15) is 29.1 Å². The summed E-state index contributed by atoms with van der Waals surface area (Å²) in [5.41, 5.74) is 2.02. The predicted molar refractivity (Wildman–Crippen MR) is 179 cm³/mol. The first-order valence-electron chi connectivity index (χ1n) is 15.4. The summed E-state index contributed by atoms with van der Waals surface area (Å²) in [7, 11) is 1.21. The predicted octanol–water partition coefficient (Wildman–Crippen LogP) is 3.85. The highest BCUT2D eigenvalue weighted by atomic mass is 35.5. The number of methoxy groups -OCH3 is 1. The van der Waals surface area contributed by atoms with Gasteiger partial charge in [-0.3, -0.25) is 24.3 Å². The Morgan fingerprint density at radius 3 is 2.35 bits per heavy atom. The lowest BCUT2D eigenvalue weighted by Gasteiger charge is -2.22. The molecule has 3 atom stereocenters. The molecule has 0 fully saturated rings. The molecule has 0 aliphatic rings. The van der Waals surface area contributed by atoms with Crippen LogP contribution in [0.2, 0.25) is 5.02 Å². The maximum atomic E-state index is 13.3. The first-order chi connectivity index (χ1) is 23.4. The minimum atomic E-state index is -1.72. The number of aromatic amines is 1. The van der Waals surface area contributed by atoms with E-state index in [1.807, 2.05) is 42.5 Å². The molecule has 49 heavy (non-hydrogen) atoms. The molecule has 0 aliphatic carbocycles. The molecule has 4 rings (SSSR count). The van der Waals surface area contributed by atoms with Gasteiger partial charge < -0.3 is 24.6 Å². The summed E-state index contributed by atoms with van der Waals surface area (Å²) < 4.78 is 15.8. The second kappa shape index (κ2) is 17.2. The zero-order valence-electron chi connectivity index (χ0n) is 27.1. The number of aromatic nitrogens is 3. The fourth-order valence-electron chi connectivity index (χ4n) is 4.98. The lowest BCUT2D eigenvalue weighted by molar-refractivity contribution is -0.178. The second-order valence-electron chi connectivity index (χ2n) is 11.5. The number of nitrogens with zero attached hydrogens (tertiary/aromatic N) is 2. The summed E-state index contributed by atoms with van der Waals surface area (Å²) in [6, 6.07) is 20.1. The molecule has 2 heterocycles. The Kier molecular flexibility index (Phi) is 12.9. The van der Waals surface area contributed by atoms with Gasteiger partial charge in [0, 0.05) is 29.7 Å². The molecule has 0 saturated heterocycles. The van der Waals surface area contributed by atoms with E-state index < -0.39 is 54.2 Å². The molecule has 3 N–H and O–H groups in total. The number of carbonyl (C=O) groups is 4. The number of nitrogens with one attached hydrogen (secondary N) is 2. The molecule has 1 amide bonds. The van der Waals surface area contributed by atoms with Gasteiger partial charge in [-0.05, 0) is 53.3 Å². The highest BCUT2D eigenvalue weighted by Gasteiger charge is 2.29. The summed E-state index contributed by atoms with van der Waals surface area (Å²) in [5.74, 6) is -3.90. The first kappa shape index (κ1) is 36.6. The van der Waals surface area contributed by atoms with Crippen LogP contribution in [0.4, 0.5) is 0 Å². The van der Waals surface area contributed by atoms with Gasteiger partial charge >= 0.3 is 17.9 Å². The van der Waals surface area contributed by atoms with Crippen LogP contribution in [0.15, 0.2) is 83.8 Å². The Balaban J connectivity index is 1.45. The van der Waals surface area contributed by atoms with E-state index >= 15 is 0 Å². The largest absolute Gasteiger partial charge is 0.469 e. The lowest BCUT2D eigenvalue weighted by atomic mass is 9.93. The number of carbonyl (C=O) groups excluding carboxylic acids is 4. The van der Waals surface area contributed by atoms with Gasteiger partial charge in [-0.25, -0.2) is 14.5 Å². The fourth-order valence-corrected chi connectivity index (χ4v) is 5.17. The summed E-state index contributed by atoms with van der Waals surface area (Å²) >= 11 is 6.14. The molecule has 258 valence electrons. The third-order valence-corrected chi connectivity index (χ3v) is 7.91. The van der Waals surface area contributed by atoms with Crippen LogP contribution >= 0.6 is 11.6 Å². The van der Waals surface area contributed by atoms with Gasteiger partial charge in [0.05, 0.1) is 19.4 Å². The van der Waals surface area contributed by atoms with E-state index in [-0.39, 0.29) is 36.7 Å². The van der Waals surface area contributed by atoms with Gasteiger partial charge in [0.2, 0.25) is 6.79 Å². The van der Waals surface area contributed by atoms with Crippen LogP contribution in [0.5, 0.6) is 0 Å². The zero-order chi connectivity index (χ0) is 35.5. The normalized spacial score (nSPS) is 12.9. The first-order valence-corrected chi connectivity index (χ1v) is 15.8. The van der Waals surface area contributed by atoms with Crippen molar-refractivity contribution in [3.63, 3.8) is 0 Å². The van der Waals surface area contributed by atoms with Gasteiger partial charge in [0.25, 0.3) is 11.5 Å². The van der Waals surface area contributed by atoms with Crippen molar-refractivity contribution in [2.75, 3.05) is 13.9 Å². The van der Waals surface area contributed by atoms with Gasteiger partial charge in [-0.2, -0.15) is 0 Å². The number of rotatable bonds is 15. The molecule has 0 bridgehead atoms. The van der Waals surface area contributed by atoms with Gasteiger partial charge in [0.1, 0.15) is 5.69 Å². The topological polar surface area (TPSA) is 179 Å². The van der Waals surface area contributed by atoms with Crippen LogP contribution in [0.1, 0.15) is 42.7 Å². The number of pyridine rings is 1. The summed E-state index contributed by atoms with van der Waals surface area (Å²) in [6.45, 7) is 2.67. The summed E-state index contributed by atoms with van der Waals surface area (Å²) in [6.07, 6.45) is -0.515. The smallest absolute Gasteiger partial charge is 0.337 e. The highest BCUT2D eigenvalue weighted by molar-refractivity contribution is 6.30. The van der Waals surface area contributed by atoms with Crippen molar-refractivity contribution in [1.29, 1.82) is 0 Å². The molecule has 0 unspecified atom stereocenters. The average Bonchev–Trinajstić information content (AvgIpc) is 3.49. The Morgan fingerprint density at radius 1 is 0.959 bits per heavy atom. The number of esters is 3. The van der Waals surface area contributed by atoms with Crippen LogP contribution in [0.25, 0.3) is 16.9 Å². The molecule has 14 heteroatoms. The Labute approximate surface area is 287 Å². The van der Waals surface area contributed by atoms with E-state index in [0.717, 1.165) is 27.4 Å². The number of ether oxygens (including phenoxy) is 3. The van der Waals surface area contributed by atoms with Gasteiger partial charge in [-0.1, -0.05) is 67.9 Å². The highest BCUT2D eigenvalue weighted by Crippen LogP contribution is 2.24. The number of halogens is 1. The van der Waals surface area contributed by atoms with E-state index in [0.29, 0.717) is 5.02 Å². The van der Waals surface area contributed by atoms with Crippen molar-refractivity contribution >= 4 is 35.4 Å². The Morgan fingerprint density at radius 2 is 1.69 bits per heavy atom. The molecular weight excluding hydrogens is 656 g/mol. The molecule has 13 nitrogen and oxygen atoms in total. The summed E-state index contributed by atoms with van der Waals surface area (Å²) in [5, 5.41) is 16.9. The molecule has 0 spiro atoms. The standard InChI is InChI=1S/C35H37ClN4O9/c1-21(2)27(18-32(43)47-3)34(45)48-20-49-35(46)29(41)17-26(15-22-10-12-23(13-11-22)24-7-6-8-25(36)16-24)38-33(44)28-19-31(42)40(39-28)30-9-4-5-14-37-30/h4-14,16,19,21,26-27,29,39,41H,15,17-18,20H2,1-3H3,(H,38,44)/t26-,27+,29-/m1/s1. The SMILES string of the molecule is COC(=O)C[C@H](C(=O)OCOC(=O)[C@H](O)C[C@@H](Cc1ccc(-c2cccc(Cl)c2)cc1)NC(=O)c1cc(=O)n(-c2ccccn2)[nH]1)C(C)C. The molecule has 0 saturated carbocycles. The minimum absolute atomic E-state index is 0.0624. The van der Waals surface area contributed by atoms with Gasteiger partial charge in [-0.15, -0.1) is 0 Å². The third kappa shape index (κ3) is 10.4. The molecule has 0 radical (unpaired) electrons. The van der Waals surface area contributed by atoms with E-state index in [1.54, 1.807) is 38.1 Å². The summed E-state index contributed by atoms with van der Waals surface area (Å²) in [4.78, 5) is 66.9. The third-order valence-electron chi connectivity index (χ3n) is 7.68. The Hall–Kier alpha value is -5.27. The number of benzene rings is 2. The monoisotopic (exact) mass is 692 g/mol. The number of aliphatic hydroxyl groups excluding tert-OH is 1. The molecule has 4 aromatic rings. The molecule has 0 aliphatic heterocycles. The fraction of sp³-hybridized carbons (Fsp3) is 0.314. The number of hydrogen-bond donors (Lipinski definition) is 3. The lowest BCUT2D eigenvalue weighted by Crippen LogP contribution is -2.41. The molecule has 2 aromatic carbocycles. The van der Waals surface area contributed by atoms with E-state index in [4.69, 9.17) is 21.1 Å². The van der Waals surface area contributed by atoms with Crippen LogP contribution in [-0.4, -0.2) is 69.7 Å². The quantitative estimate of drug-likeness (QED) is 0.122. The second-order valence-corrected chi connectivity index (χ2v) is 12.0. The van der Waals surface area contributed by atoms with Crippen LogP contribution < -0.4 is 10.9 Å². The maximum Gasteiger partial charge on any atom is 0.337 e. The van der Waals surface area contributed by atoms with Crippen molar-refractivity contribution in [2.24, 2.45) is 11.8 Å². The number of H-pyrrole nitrogens is 1. The van der Waals surface area contributed by atoms with Crippen LogP contribution in [-0.2, 0) is 35.0 Å². The van der Waals surface area contributed by atoms with Crippen molar-refractivity contribution in [3.8, 4) is 16.9 Å². The van der Waals surface area contributed by atoms with Crippen molar-refractivity contribution in [2.45, 2.75) is 45.3 Å².